The van der Waals surface area contributed by atoms with Crippen LogP contribution < -0.4 is 5.73 Å². The van der Waals surface area contributed by atoms with Gasteiger partial charge in [-0.1, -0.05) is 13.8 Å². The van der Waals surface area contributed by atoms with Crippen molar-refractivity contribution in [2.45, 2.75) is 39.2 Å². The van der Waals surface area contributed by atoms with E-state index < -0.39 is 0 Å². The normalized spacial score (nSPS) is 34.2. The number of carbonyl (C=O) groups is 1. The van der Waals surface area contributed by atoms with Crippen molar-refractivity contribution < 1.29 is 4.79 Å². The standard InChI is InChI=1S/C13H23ClN2O/c1-9(2)11(15)12(17)16-4-3-13(8-16)5-10(6-13)7-14/h9-11H,3-8,15H2,1-2H3/t10?,11-,13?/m1/s1. The first-order chi connectivity index (χ1) is 7.97. The van der Waals surface area contributed by atoms with Crippen LogP contribution in [-0.2, 0) is 4.79 Å². The molecule has 1 amide bonds. The summed E-state index contributed by atoms with van der Waals surface area (Å²) < 4.78 is 0. The lowest BCUT2D eigenvalue weighted by Gasteiger charge is -2.44. The molecule has 1 saturated carbocycles. The van der Waals surface area contributed by atoms with Crippen LogP contribution in [0.3, 0.4) is 0 Å². The second-order valence-corrected chi connectivity index (χ2v) is 6.52. The van der Waals surface area contributed by atoms with Gasteiger partial charge in [0, 0.05) is 19.0 Å². The Morgan fingerprint density at radius 1 is 1.53 bits per heavy atom. The first-order valence-corrected chi connectivity index (χ1v) is 7.11. The number of hydrogen-bond acceptors (Lipinski definition) is 2. The highest BCUT2D eigenvalue weighted by Crippen LogP contribution is 2.52. The van der Waals surface area contributed by atoms with E-state index in [-0.39, 0.29) is 17.9 Å². The van der Waals surface area contributed by atoms with Crippen molar-refractivity contribution in [1.82, 2.24) is 4.90 Å². The van der Waals surface area contributed by atoms with Crippen molar-refractivity contribution in [3.63, 3.8) is 0 Å². The molecule has 3 nitrogen and oxygen atoms in total. The lowest BCUT2D eigenvalue weighted by atomic mass is 9.62. The van der Waals surface area contributed by atoms with Crippen molar-refractivity contribution in [3.8, 4) is 0 Å². The molecule has 0 radical (unpaired) electrons. The molecule has 1 heterocycles. The van der Waals surface area contributed by atoms with Crippen molar-refractivity contribution in [1.29, 1.82) is 0 Å². The van der Waals surface area contributed by atoms with Crippen LogP contribution in [0.15, 0.2) is 0 Å². The predicted octanol–water partition coefficient (Wildman–Crippen LogP) is 1.84. The van der Waals surface area contributed by atoms with E-state index in [0.717, 1.165) is 25.4 Å². The third-order valence-electron chi connectivity index (χ3n) is 4.41. The maximum atomic E-state index is 12.1. The quantitative estimate of drug-likeness (QED) is 0.786. The molecule has 1 aliphatic carbocycles. The topological polar surface area (TPSA) is 46.3 Å². The van der Waals surface area contributed by atoms with Crippen LogP contribution in [0.1, 0.15) is 33.1 Å². The van der Waals surface area contributed by atoms with Crippen LogP contribution in [0.25, 0.3) is 0 Å². The molecular formula is C13H23ClN2O. The van der Waals surface area contributed by atoms with E-state index in [9.17, 15) is 4.79 Å². The fourth-order valence-corrected chi connectivity index (χ4v) is 3.44. The summed E-state index contributed by atoms with van der Waals surface area (Å²) in [7, 11) is 0. The number of amides is 1. The molecule has 0 aromatic rings. The monoisotopic (exact) mass is 258 g/mol. The number of nitrogens with zero attached hydrogens (tertiary/aromatic N) is 1. The van der Waals surface area contributed by atoms with E-state index in [1.165, 1.54) is 12.8 Å². The van der Waals surface area contributed by atoms with Gasteiger partial charge < -0.3 is 10.6 Å². The Balaban J connectivity index is 1.88. The molecule has 1 aliphatic heterocycles. The first-order valence-electron chi connectivity index (χ1n) is 6.58. The van der Waals surface area contributed by atoms with Crippen molar-refractivity contribution in [3.05, 3.63) is 0 Å². The zero-order chi connectivity index (χ0) is 12.6. The lowest BCUT2D eigenvalue weighted by molar-refractivity contribution is -0.133. The second-order valence-electron chi connectivity index (χ2n) is 6.21. The summed E-state index contributed by atoms with van der Waals surface area (Å²) in [5.41, 5.74) is 6.31. The fraction of sp³-hybridized carbons (Fsp3) is 0.923. The number of halogens is 1. The third-order valence-corrected chi connectivity index (χ3v) is 4.85. The fourth-order valence-electron chi connectivity index (χ4n) is 3.23. The van der Waals surface area contributed by atoms with Gasteiger partial charge in [-0.05, 0) is 36.5 Å². The van der Waals surface area contributed by atoms with Gasteiger partial charge in [0.1, 0.15) is 0 Å². The summed E-state index contributed by atoms with van der Waals surface area (Å²) in [4.78, 5) is 14.1. The highest BCUT2D eigenvalue weighted by molar-refractivity contribution is 6.18. The van der Waals surface area contributed by atoms with Crippen molar-refractivity contribution in [2.75, 3.05) is 19.0 Å². The smallest absolute Gasteiger partial charge is 0.239 e. The van der Waals surface area contributed by atoms with E-state index in [1.807, 2.05) is 18.7 Å². The Morgan fingerprint density at radius 2 is 2.18 bits per heavy atom. The number of likely N-dealkylation sites (tertiary alicyclic amines) is 1. The number of hydrogen-bond donors (Lipinski definition) is 1. The molecule has 1 spiro atoms. The van der Waals surface area contributed by atoms with Crippen molar-refractivity contribution in [2.24, 2.45) is 23.0 Å². The molecule has 2 fully saturated rings. The van der Waals surface area contributed by atoms with E-state index in [2.05, 4.69) is 0 Å². The van der Waals surface area contributed by atoms with Gasteiger partial charge in [-0.15, -0.1) is 11.6 Å². The predicted molar refractivity (Wildman–Crippen MR) is 69.9 cm³/mol. The van der Waals surface area contributed by atoms with Gasteiger partial charge in [-0.3, -0.25) is 4.79 Å². The zero-order valence-corrected chi connectivity index (χ0v) is 11.5. The Labute approximate surface area is 109 Å². The molecule has 0 bridgehead atoms. The molecule has 0 unspecified atom stereocenters. The zero-order valence-electron chi connectivity index (χ0n) is 10.8. The minimum Gasteiger partial charge on any atom is -0.341 e. The Kier molecular flexibility index (Phi) is 3.69. The van der Waals surface area contributed by atoms with Gasteiger partial charge in [0.2, 0.25) is 5.91 Å². The average Bonchev–Trinajstić information content (AvgIpc) is 2.69. The Hall–Kier alpha value is -0.280. The number of rotatable bonds is 3. The minimum atomic E-state index is -0.339. The Bertz CT molecular complexity index is 300. The van der Waals surface area contributed by atoms with E-state index in [1.54, 1.807) is 0 Å². The minimum absolute atomic E-state index is 0.131. The summed E-state index contributed by atoms with van der Waals surface area (Å²) >= 11 is 5.86. The summed E-state index contributed by atoms with van der Waals surface area (Å²) in [5, 5.41) is 0. The summed E-state index contributed by atoms with van der Waals surface area (Å²) in [6.45, 7) is 5.79. The van der Waals surface area contributed by atoms with Crippen molar-refractivity contribution >= 4 is 17.5 Å². The summed E-state index contributed by atoms with van der Waals surface area (Å²) in [6, 6.07) is -0.339. The van der Waals surface area contributed by atoms with Gasteiger partial charge >= 0.3 is 0 Å². The molecule has 17 heavy (non-hydrogen) atoms. The molecule has 4 heteroatoms. The van der Waals surface area contributed by atoms with Crippen LogP contribution in [0.5, 0.6) is 0 Å². The Morgan fingerprint density at radius 3 is 2.71 bits per heavy atom. The molecule has 2 rings (SSSR count). The van der Waals surface area contributed by atoms with Crippen LogP contribution in [0, 0.1) is 17.3 Å². The maximum Gasteiger partial charge on any atom is 0.239 e. The highest BCUT2D eigenvalue weighted by Gasteiger charge is 2.49. The van der Waals surface area contributed by atoms with E-state index >= 15 is 0 Å². The summed E-state index contributed by atoms with van der Waals surface area (Å²) in [6.07, 6.45) is 3.52. The molecular weight excluding hydrogens is 236 g/mol. The molecule has 0 aromatic heterocycles. The van der Waals surface area contributed by atoms with Crippen LogP contribution in [0.2, 0.25) is 0 Å². The maximum absolute atomic E-state index is 12.1. The first kappa shape index (κ1) is 13.2. The molecule has 0 aromatic carbocycles. The summed E-state index contributed by atoms with van der Waals surface area (Å²) in [5.74, 6) is 1.79. The van der Waals surface area contributed by atoms with E-state index in [4.69, 9.17) is 17.3 Å². The van der Waals surface area contributed by atoms with Crippen LogP contribution in [-0.4, -0.2) is 35.8 Å². The highest BCUT2D eigenvalue weighted by atomic mass is 35.5. The van der Waals surface area contributed by atoms with Gasteiger partial charge in [0.25, 0.3) is 0 Å². The van der Waals surface area contributed by atoms with Gasteiger partial charge in [-0.2, -0.15) is 0 Å². The van der Waals surface area contributed by atoms with Crippen LogP contribution in [0.4, 0.5) is 0 Å². The molecule has 2 aliphatic rings. The number of carbonyl (C=O) groups excluding carboxylic acids is 1. The molecule has 1 saturated heterocycles. The average molecular weight is 259 g/mol. The van der Waals surface area contributed by atoms with Gasteiger partial charge in [0.05, 0.1) is 6.04 Å². The SMILES string of the molecule is CC(C)[C@@H](N)C(=O)N1CCC2(CC(CCl)C2)C1. The van der Waals surface area contributed by atoms with Gasteiger partial charge in [-0.25, -0.2) is 0 Å². The van der Waals surface area contributed by atoms with Gasteiger partial charge in [0.15, 0.2) is 0 Å². The van der Waals surface area contributed by atoms with Crippen LogP contribution >= 0.6 is 11.6 Å². The number of alkyl halides is 1. The third kappa shape index (κ3) is 2.45. The lowest BCUT2D eigenvalue weighted by Crippen LogP contribution is -2.47. The molecule has 1 atom stereocenters. The second kappa shape index (κ2) is 4.77. The largest absolute Gasteiger partial charge is 0.341 e. The molecule has 98 valence electrons. The molecule has 2 N–H and O–H groups in total. The van der Waals surface area contributed by atoms with E-state index in [0.29, 0.717) is 11.3 Å². The number of nitrogens with two attached hydrogens (primary N) is 1.